The van der Waals surface area contributed by atoms with Gasteiger partial charge in [0, 0.05) is 17.8 Å². The third-order valence-electron chi connectivity index (χ3n) is 4.88. The van der Waals surface area contributed by atoms with Crippen LogP contribution in [0.4, 0.5) is 5.69 Å². The molecule has 1 aromatic carbocycles. The van der Waals surface area contributed by atoms with Gasteiger partial charge in [0.15, 0.2) is 0 Å². The Hall–Kier alpha value is -2.62. The number of nitrogens with one attached hydrogen (secondary N) is 1. The molecule has 0 amide bonds. The third-order valence-corrected chi connectivity index (χ3v) is 4.88. The monoisotopic (exact) mass is 306 g/mol. The maximum atomic E-state index is 11.0. The minimum absolute atomic E-state index is 0.0849. The zero-order chi connectivity index (χ0) is 16.0. The van der Waals surface area contributed by atoms with Gasteiger partial charge in [-0.15, -0.1) is 0 Å². The van der Waals surface area contributed by atoms with Crippen molar-refractivity contribution in [2.75, 3.05) is 5.32 Å². The van der Waals surface area contributed by atoms with E-state index in [0.29, 0.717) is 11.8 Å². The molecule has 0 saturated heterocycles. The van der Waals surface area contributed by atoms with E-state index < -0.39 is 5.97 Å². The molecule has 1 aromatic heterocycles. The van der Waals surface area contributed by atoms with Crippen molar-refractivity contribution in [1.82, 2.24) is 4.98 Å². The van der Waals surface area contributed by atoms with Crippen molar-refractivity contribution in [2.24, 2.45) is 5.92 Å². The molecule has 4 heteroatoms. The minimum atomic E-state index is -0.991. The largest absolute Gasteiger partial charge is 0.477 e. The van der Waals surface area contributed by atoms with Crippen LogP contribution >= 0.6 is 0 Å². The first-order valence-electron chi connectivity index (χ1n) is 7.86. The molecule has 2 aromatic rings. The van der Waals surface area contributed by atoms with E-state index in [-0.39, 0.29) is 11.7 Å². The highest BCUT2D eigenvalue weighted by atomic mass is 16.4. The zero-order valence-corrected chi connectivity index (χ0v) is 12.9. The smallest absolute Gasteiger partial charge is 0.354 e. The molecule has 1 aliphatic heterocycles. The Morgan fingerprint density at radius 1 is 1.30 bits per heavy atom. The number of carboxylic acids is 1. The maximum absolute atomic E-state index is 11.0. The van der Waals surface area contributed by atoms with E-state index in [1.807, 2.05) is 6.07 Å². The van der Waals surface area contributed by atoms with E-state index in [1.54, 1.807) is 12.3 Å². The van der Waals surface area contributed by atoms with Crippen LogP contribution in [0.3, 0.4) is 0 Å². The van der Waals surface area contributed by atoms with Crippen LogP contribution < -0.4 is 5.32 Å². The molecule has 4 nitrogen and oxygen atoms in total. The van der Waals surface area contributed by atoms with E-state index in [0.717, 1.165) is 17.7 Å². The van der Waals surface area contributed by atoms with E-state index in [9.17, 15) is 4.79 Å². The van der Waals surface area contributed by atoms with Gasteiger partial charge in [0.05, 0.1) is 6.04 Å². The standard InChI is InChI=1S/C19H18N2O2/c1-11-5-7-16-15(9-11)13-3-2-4-14(13)18(21-16)12-6-8-17(19(22)23)20-10-12/h2-3,5-10,13-14,18,21H,4H2,1H3,(H,22,23)/t13-,14+,18+/m1/s1. The second-order valence-electron chi connectivity index (χ2n) is 6.35. The quantitative estimate of drug-likeness (QED) is 0.826. The van der Waals surface area contributed by atoms with Crippen LogP contribution in [0.25, 0.3) is 0 Å². The molecule has 4 rings (SSSR count). The van der Waals surface area contributed by atoms with Gasteiger partial charge < -0.3 is 10.4 Å². The van der Waals surface area contributed by atoms with Crippen molar-refractivity contribution in [1.29, 1.82) is 0 Å². The lowest BCUT2D eigenvalue weighted by molar-refractivity contribution is 0.0690. The molecule has 2 N–H and O–H groups in total. The summed E-state index contributed by atoms with van der Waals surface area (Å²) in [6, 6.07) is 10.1. The first-order valence-corrected chi connectivity index (χ1v) is 7.86. The number of nitrogens with zero attached hydrogens (tertiary/aromatic N) is 1. The maximum Gasteiger partial charge on any atom is 0.354 e. The van der Waals surface area contributed by atoms with Crippen LogP contribution in [-0.4, -0.2) is 16.1 Å². The van der Waals surface area contributed by atoms with E-state index >= 15 is 0 Å². The van der Waals surface area contributed by atoms with Crippen LogP contribution in [0, 0.1) is 12.8 Å². The molecular formula is C19H18N2O2. The summed E-state index contributed by atoms with van der Waals surface area (Å²) in [7, 11) is 0. The number of pyridine rings is 1. The summed E-state index contributed by atoms with van der Waals surface area (Å²) in [5, 5.41) is 12.6. The second-order valence-corrected chi connectivity index (χ2v) is 6.35. The number of carbonyl (C=O) groups is 1. The molecule has 2 heterocycles. The molecule has 2 aliphatic rings. The van der Waals surface area contributed by atoms with Gasteiger partial charge in [-0.2, -0.15) is 0 Å². The predicted octanol–water partition coefficient (Wildman–Crippen LogP) is 3.91. The fourth-order valence-corrected chi connectivity index (χ4v) is 3.76. The normalized spacial score (nSPS) is 24.7. The van der Waals surface area contributed by atoms with Gasteiger partial charge in [0.1, 0.15) is 5.69 Å². The van der Waals surface area contributed by atoms with Gasteiger partial charge in [0.2, 0.25) is 0 Å². The van der Waals surface area contributed by atoms with E-state index in [4.69, 9.17) is 5.11 Å². The molecule has 23 heavy (non-hydrogen) atoms. The summed E-state index contributed by atoms with van der Waals surface area (Å²) in [5.74, 6) is -0.133. The summed E-state index contributed by atoms with van der Waals surface area (Å²) < 4.78 is 0. The summed E-state index contributed by atoms with van der Waals surface area (Å²) in [5.41, 5.74) is 4.92. The first-order chi connectivity index (χ1) is 11.1. The van der Waals surface area contributed by atoms with Crippen molar-refractivity contribution < 1.29 is 9.90 Å². The van der Waals surface area contributed by atoms with Crippen LogP contribution in [-0.2, 0) is 0 Å². The highest BCUT2D eigenvalue weighted by Crippen LogP contribution is 2.49. The van der Waals surface area contributed by atoms with E-state index in [2.05, 4.69) is 47.6 Å². The third kappa shape index (κ3) is 2.31. The van der Waals surface area contributed by atoms with Crippen LogP contribution in [0.2, 0.25) is 0 Å². The lowest BCUT2D eigenvalue weighted by Crippen LogP contribution is -2.29. The summed E-state index contributed by atoms with van der Waals surface area (Å²) in [6.45, 7) is 2.12. The predicted molar refractivity (Wildman–Crippen MR) is 88.7 cm³/mol. The number of anilines is 1. The molecule has 0 spiro atoms. The fourth-order valence-electron chi connectivity index (χ4n) is 3.76. The average Bonchev–Trinajstić information content (AvgIpc) is 3.04. The summed E-state index contributed by atoms with van der Waals surface area (Å²) in [6.07, 6.45) is 7.27. The second kappa shape index (κ2) is 5.23. The number of aromatic nitrogens is 1. The number of benzene rings is 1. The molecule has 0 saturated carbocycles. The van der Waals surface area contributed by atoms with Crippen LogP contribution in [0.5, 0.6) is 0 Å². The van der Waals surface area contributed by atoms with Crippen molar-refractivity contribution in [3.63, 3.8) is 0 Å². The lowest BCUT2D eigenvalue weighted by Gasteiger charge is -2.37. The summed E-state index contributed by atoms with van der Waals surface area (Å²) >= 11 is 0. The minimum Gasteiger partial charge on any atom is -0.477 e. The van der Waals surface area contributed by atoms with Crippen LogP contribution in [0.15, 0.2) is 48.7 Å². The Labute approximate surface area is 134 Å². The fraction of sp³-hybridized carbons (Fsp3) is 0.263. The Bertz CT molecular complexity index is 796. The molecule has 0 bridgehead atoms. The first kappa shape index (κ1) is 14.0. The highest BCUT2D eigenvalue weighted by Gasteiger charge is 2.37. The number of aryl methyl sites for hydroxylation is 1. The molecule has 0 fully saturated rings. The van der Waals surface area contributed by atoms with Gasteiger partial charge >= 0.3 is 5.97 Å². The molecule has 0 unspecified atom stereocenters. The Morgan fingerprint density at radius 3 is 2.91 bits per heavy atom. The van der Waals surface area contributed by atoms with Crippen molar-refractivity contribution in [3.8, 4) is 0 Å². The number of hydrogen-bond acceptors (Lipinski definition) is 3. The van der Waals surface area contributed by atoms with Crippen molar-refractivity contribution >= 4 is 11.7 Å². The van der Waals surface area contributed by atoms with Gasteiger partial charge in [-0.05, 0) is 42.5 Å². The zero-order valence-electron chi connectivity index (χ0n) is 12.9. The molecule has 3 atom stereocenters. The number of carboxylic acid groups (broad SMARTS) is 1. The topological polar surface area (TPSA) is 62.2 Å². The van der Waals surface area contributed by atoms with Crippen LogP contribution in [0.1, 0.15) is 45.6 Å². The Balaban J connectivity index is 1.73. The number of rotatable bonds is 2. The summed E-state index contributed by atoms with van der Waals surface area (Å²) in [4.78, 5) is 15.1. The Morgan fingerprint density at radius 2 is 2.17 bits per heavy atom. The molecule has 1 aliphatic carbocycles. The van der Waals surface area contributed by atoms with Gasteiger partial charge in [-0.1, -0.05) is 35.9 Å². The molecular weight excluding hydrogens is 288 g/mol. The highest BCUT2D eigenvalue weighted by molar-refractivity contribution is 5.85. The SMILES string of the molecule is Cc1ccc2c(c1)[C@@H]1C=CC[C@@H]1[C@H](c1ccc(C(=O)O)nc1)N2. The van der Waals surface area contributed by atoms with Gasteiger partial charge in [-0.3, -0.25) is 0 Å². The number of aromatic carboxylic acids is 1. The van der Waals surface area contributed by atoms with Crippen molar-refractivity contribution in [3.05, 3.63) is 71.1 Å². The Kier molecular flexibility index (Phi) is 3.18. The van der Waals surface area contributed by atoms with Gasteiger partial charge in [0.25, 0.3) is 0 Å². The average molecular weight is 306 g/mol. The number of allylic oxidation sites excluding steroid dienone is 2. The number of fused-ring (bicyclic) bond motifs is 3. The van der Waals surface area contributed by atoms with Crippen molar-refractivity contribution in [2.45, 2.75) is 25.3 Å². The molecule has 116 valence electrons. The molecule has 0 radical (unpaired) electrons. The van der Waals surface area contributed by atoms with E-state index in [1.165, 1.54) is 11.1 Å². The number of hydrogen-bond donors (Lipinski definition) is 2. The van der Waals surface area contributed by atoms with Gasteiger partial charge in [-0.25, -0.2) is 9.78 Å². The lowest BCUT2D eigenvalue weighted by atomic mass is 9.77.